The first-order chi connectivity index (χ1) is 13.5. The van der Waals surface area contributed by atoms with Gasteiger partial charge in [-0.05, 0) is 23.2 Å². The summed E-state index contributed by atoms with van der Waals surface area (Å²) in [7, 11) is 0. The third-order valence-electron chi connectivity index (χ3n) is 4.54. The van der Waals surface area contributed by atoms with Crippen LogP contribution in [-0.2, 0) is 24.5 Å². The third-order valence-corrected chi connectivity index (χ3v) is 4.54. The van der Waals surface area contributed by atoms with E-state index in [9.17, 15) is 5.25 Å². The Morgan fingerprint density at radius 2 is 1.64 bits per heavy atom. The Kier molecular flexibility index (Phi) is 6.85. The Bertz CT molecular complexity index is 1050. The molecule has 0 N–H and O–H groups in total. The van der Waals surface area contributed by atoms with Crippen molar-refractivity contribution >= 4 is 21.7 Å². The average Bonchev–Trinajstić information content (AvgIpc) is 3.39. The Labute approximate surface area is 177 Å². The maximum absolute atomic E-state index is 9.80. The average molecular weight is 453 g/mol. The summed E-state index contributed by atoms with van der Waals surface area (Å²) in [6, 6.07) is 23.6. The Balaban J connectivity index is 0.000000188. The van der Waals surface area contributed by atoms with Crippen molar-refractivity contribution in [1.82, 2.24) is 4.57 Å². The number of allylic oxidation sites excluding steroid dienone is 4. The first-order valence-corrected chi connectivity index (χ1v) is 10.9. The van der Waals surface area contributed by atoms with Gasteiger partial charge in [0.1, 0.15) is 0 Å². The van der Waals surface area contributed by atoms with Crippen LogP contribution in [0.2, 0.25) is 0 Å². The molecule has 0 amide bonds. The Hall–Kier alpha value is -2.19. The van der Waals surface area contributed by atoms with Gasteiger partial charge in [-0.1, -0.05) is 43.5 Å². The molecule has 1 aliphatic rings. The predicted octanol–water partition coefficient (Wildman–Crippen LogP) is 7.28. The number of fused-ring (bicyclic) bond motifs is 2. The standard InChI is InChI=1S/C17H12N.C7H9.2FH.Zr/c1-2-7-15-12-16(11-14(15)6-1)18-10-9-13-5-3-4-8-17(13)18;1-7(2)5-3-4-6-7;;;/h1-12H;3-5H,1-2H3;2*1H;/q2*-1;;;+4/p-2. The number of nitrogens with zero attached hydrogens (tertiary/aromatic N) is 1. The van der Waals surface area contributed by atoms with Crippen molar-refractivity contribution in [3.8, 4) is 5.69 Å². The van der Waals surface area contributed by atoms with E-state index in [-0.39, 0.29) is 5.41 Å². The van der Waals surface area contributed by atoms with Crippen molar-refractivity contribution in [2.24, 2.45) is 5.41 Å². The molecule has 1 aliphatic carbocycles. The second-order valence-corrected chi connectivity index (χ2v) is 7.40. The number of hydrogen-bond donors (Lipinski definition) is 0. The number of benzene rings is 2. The number of rotatable bonds is 1. The second-order valence-electron chi connectivity index (χ2n) is 7.05. The van der Waals surface area contributed by atoms with E-state index < -0.39 is 24.5 Å². The van der Waals surface area contributed by atoms with Gasteiger partial charge >= 0.3 is 29.7 Å². The minimum atomic E-state index is -2.77. The molecular weight excluding hydrogens is 431 g/mol. The molecule has 1 aromatic heterocycles. The first kappa shape index (κ1) is 20.5. The molecule has 0 spiro atoms. The van der Waals surface area contributed by atoms with Crippen molar-refractivity contribution in [2.75, 3.05) is 0 Å². The first-order valence-electron chi connectivity index (χ1n) is 9.01. The topological polar surface area (TPSA) is 4.93 Å². The Morgan fingerprint density at radius 3 is 2.25 bits per heavy atom. The summed E-state index contributed by atoms with van der Waals surface area (Å²) in [6.07, 6.45) is 11.4. The zero-order chi connectivity index (χ0) is 20.0. The van der Waals surface area contributed by atoms with Crippen LogP contribution in [0.4, 0.5) is 5.25 Å². The summed E-state index contributed by atoms with van der Waals surface area (Å²) in [4.78, 5) is 0. The van der Waals surface area contributed by atoms with E-state index in [1.54, 1.807) is 0 Å². The van der Waals surface area contributed by atoms with Crippen molar-refractivity contribution in [3.63, 3.8) is 0 Å². The predicted molar refractivity (Wildman–Crippen MR) is 109 cm³/mol. The van der Waals surface area contributed by atoms with Crippen LogP contribution in [0.15, 0.2) is 91.2 Å². The molecule has 0 bridgehead atoms. The number of hydrogen-bond acceptors (Lipinski definition) is 0. The molecule has 0 saturated heterocycles. The van der Waals surface area contributed by atoms with Gasteiger partial charge in [-0.15, -0.1) is 41.1 Å². The van der Waals surface area contributed by atoms with Crippen molar-refractivity contribution in [2.45, 2.75) is 13.8 Å². The van der Waals surface area contributed by atoms with E-state index in [0.29, 0.717) is 0 Å². The van der Waals surface area contributed by atoms with Gasteiger partial charge < -0.3 is 4.57 Å². The van der Waals surface area contributed by atoms with Gasteiger partial charge in [-0.3, -0.25) is 6.08 Å². The molecule has 28 heavy (non-hydrogen) atoms. The van der Waals surface area contributed by atoms with Crippen LogP contribution in [0.1, 0.15) is 13.8 Å². The summed E-state index contributed by atoms with van der Waals surface area (Å²) in [5, 5.41) is 3.87. The molecule has 0 radical (unpaired) electrons. The minimum absolute atomic E-state index is 0.208. The van der Waals surface area contributed by atoms with E-state index in [1.165, 1.54) is 27.4 Å². The van der Waals surface area contributed by atoms with Crippen LogP contribution in [0.25, 0.3) is 27.4 Å². The molecule has 0 aliphatic heterocycles. The van der Waals surface area contributed by atoms with Crippen LogP contribution >= 0.6 is 0 Å². The third kappa shape index (κ3) is 4.99. The van der Waals surface area contributed by atoms with Gasteiger partial charge in [0.25, 0.3) is 0 Å². The molecule has 4 aromatic rings. The van der Waals surface area contributed by atoms with Gasteiger partial charge in [-0.25, -0.2) is 12.2 Å². The summed E-state index contributed by atoms with van der Waals surface area (Å²) >= 11 is -2.77. The molecule has 5 rings (SSSR count). The smallest absolute Gasteiger partial charge is 0.0511 e. The number of aromatic nitrogens is 1. The van der Waals surface area contributed by atoms with Gasteiger partial charge in [0, 0.05) is 6.20 Å². The van der Waals surface area contributed by atoms with Gasteiger partial charge in [-0.2, -0.15) is 6.08 Å². The van der Waals surface area contributed by atoms with Crippen LogP contribution in [0, 0.1) is 11.5 Å². The van der Waals surface area contributed by atoms with Gasteiger partial charge in [0.2, 0.25) is 0 Å². The quantitative estimate of drug-likeness (QED) is 0.267. The fraction of sp³-hybridized carbons (Fsp3) is 0.125. The van der Waals surface area contributed by atoms with Crippen molar-refractivity contribution in [1.29, 1.82) is 0 Å². The maximum atomic E-state index is 9.80. The molecule has 0 fully saturated rings. The summed E-state index contributed by atoms with van der Waals surface area (Å²) in [5.74, 6) is 0. The normalized spacial score (nSPS) is 13.6. The molecule has 140 valence electrons. The SMILES string of the molecule is CC1(C)[C-]=CC=C1.[F][Zr+2][F].c1ccc2[cH-]c(-n3ccc4ccccc43)cc2c1. The zero-order valence-electron chi connectivity index (χ0n) is 15.9. The van der Waals surface area contributed by atoms with Crippen molar-refractivity contribution in [3.05, 3.63) is 97.2 Å². The molecule has 1 nitrogen and oxygen atoms in total. The van der Waals surface area contributed by atoms with Crippen LogP contribution in [-0.4, -0.2) is 4.57 Å². The van der Waals surface area contributed by atoms with E-state index >= 15 is 0 Å². The number of para-hydroxylation sites is 1. The molecular formula is C24H21F2NZr. The van der Waals surface area contributed by atoms with Gasteiger partial charge in [0.05, 0.1) is 5.52 Å². The molecule has 3 aromatic carbocycles. The van der Waals surface area contributed by atoms with E-state index in [1.807, 2.05) is 12.2 Å². The van der Waals surface area contributed by atoms with Crippen molar-refractivity contribution < 1.29 is 29.7 Å². The maximum Gasteiger partial charge on any atom is 0.0511 e. The fourth-order valence-electron chi connectivity index (χ4n) is 3.18. The zero-order valence-corrected chi connectivity index (χ0v) is 18.3. The number of halogens is 2. The fourth-order valence-corrected chi connectivity index (χ4v) is 3.18. The molecule has 4 heteroatoms. The molecule has 0 unspecified atom stereocenters. The molecule has 0 saturated carbocycles. The minimum Gasteiger partial charge on any atom is -0.335 e. The van der Waals surface area contributed by atoms with E-state index in [0.717, 1.165) is 0 Å². The van der Waals surface area contributed by atoms with E-state index in [4.69, 9.17) is 0 Å². The van der Waals surface area contributed by atoms with Crippen LogP contribution in [0.3, 0.4) is 0 Å². The largest absolute Gasteiger partial charge is 0.335 e. The summed E-state index contributed by atoms with van der Waals surface area (Å²) in [5.41, 5.74) is 2.70. The summed E-state index contributed by atoms with van der Waals surface area (Å²) in [6.45, 7) is 4.26. The molecule has 1 heterocycles. The molecule has 0 atom stereocenters. The van der Waals surface area contributed by atoms with Gasteiger partial charge in [0.15, 0.2) is 0 Å². The summed E-state index contributed by atoms with van der Waals surface area (Å²) < 4.78 is 21.8. The second kappa shape index (κ2) is 9.34. The van der Waals surface area contributed by atoms with Crippen LogP contribution in [0.5, 0.6) is 0 Å². The van der Waals surface area contributed by atoms with Crippen LogP contribution < -0.4 is 0 Å². The Morgan fingerprint density at radius 1 is 0.964 bits per heavy atom. The van der Waals surface area contributed by atoms with E-state index in [2.05, 4.69) is 103 Å². The monoisotopic (exact) mass is 451 g/mol.